The van der Waals surface area contributed by atoms with Crippen molar-refractivity contribution < 1.29 is 36.8 Å². The molecule has 2 aromatic carbocycles. The number of hydrogen-bond acceptors (Lipinski definition) is 7. The van der Waals surface area contributed by atoms with Gasteiger partial charge in [0.05, 0.1) is 47.7 Å². The van der Waals surface area contributed by atoms with Crippen molar-refractivity contribution >= 4 is 34.6 Å². The van der Waals surface area contributed by atoms with Crippen molar-refractivity contribution in [1.29, 1.82) is 0 Å². The van der Waals surface area contributed by atoms with Gasteiger partial charge >= 0.3 is 6.18 Å². The number of rotatable bonds is 8. The second kappa shape index (κ2) is 9.94. The van der Waals surface area contributed by atoms with Crippen molar-refractivity contribution in [3.63, 3.8) is 0 Å². The summed E-state index contributed by atoms with van der Waals surface area (Å²) in [6.45, 7) is -0.552. The number of nitrogens with one attached hydrogen (secondary N) is 3. The van der Waals surface area contributed by atoms with Crippen LogP contribution < -0.4 is 20.7 Å². The molecule has 0 aliphatic heterocycles. The van der Waals surface area contributed by atoms with Gasteiger partial charge in [-0.1, -0.05) is 0 Å². The van der Waals surface area contributed by atoms with Crippen LogP contribution in [0.2, 0.25) is 0 Å². The van der Waals surface area contributed by atoms with Crippen molar-refractivity contribution in [2.75, 3.05) is 29.6 Å². The van der Waals surface area contributed by atoms with Gasteiger partial charge in [0, 0.05) is 17.4 Å². The Kier molecular flexibility index (Phi) is 7.04. The van der Waals surface area contributed by atoms with Crippen molar-refractivity contribution in [3.05, 3.63) is 76.2 Å². The highest BCUT2D eigenvalue weighted by molar-refractivity contribution is 6.04. The number of methoxy groups -OCH3 is 1. The first-order valence-electron chi connectivity index (χ1n) is 9.49. The molecule has 34 heavy (non-hydrogen) atoms. The number of halogens is 3. The summed E-state index contributed by atoms with van der Waals surface area (Å²) in [4.78, 5) is 34.5. The number of amides is 2. The van der Waals surface area contributed by atoms with E-state index in [4.69, 9.17) is 9.15 Å². The van der Waals surface area contributed by atoms with E-state index in [0.717, 1.165) is 30.5 Å². The normalized spacial score (nSPS) is 10.9. The quantitative estimate of drug-likeness (QED) is 0.320. The zero-order valence-electron chi connectivity index (χ0n) is 17.4. The van der Waals surface area contributed by atoms with Crippen molar-refractivity contribution in [2.45, 2.75) is 6.18 Å². The average molecular weight is 478 g/mol. The molecule has 0 radical (unpaired) electrons. The molecule has 0 aliphatic rings. The van der Waals surface area contributed by atoms with Crippen LogP contribution in [0.1, 0.15) is 15.9 Å². The summed E-state index contributed by atoms with van der Waals surface area (Å²) in [6, 6.07) is 7.89. The maximum atomic E-state index is 13.6. The lowest BCUT2D eigenvalue weighted by atomic mass is 10.1. The van der Waals surface area contributed by atoms with Gasteiger partial charge in [0.2, 0.25) is 5.91 Å². The number of carbonyl (C=O) groups is 2. The average Bonchev–Trinajstić information content (AvgIpc) is 3.33. The molecule has 0 spiro atoms. The van der Waals surface area contributed by atoms with Crippen LogP contribution in [-0.2, 0) is 11.0 Å². The van der Waals surface area contributed by atoms with E-state index < -0.39 is 35.0 Å². The van der Waals surface area contributed by atoms with E-state index in [2.05, 4.69) is 16.0 Å². The third-order valence-electron chi connectivity index (χ3n) is 4.48. The summed E-state index contributed by atoms with van der Waals surface area (Å²) in [5, 5.41) is 18.0. The van der Waals surface area contributed by atoms with Crippen LogP contribution in [-0.4, -0.2) is 30.4 Å². The monoisotopic (exact) mass is 478 g/mol. The molecule has 3 rings (SSSR count). The molecule has 0 unspecified atom stereocenters. The smallest absolute Gasteiger partial charge is 0.418 e. The van der Waals surface area contributed by atoms with Gasteiger partial charge in [-0.3, -0.25) is 19.7 Å². The number of benzene rings is 2. The van der Waals surface area contributed by atoms with Crippen molar-refractivity contribution in [1.82, 2.24) is 0 Å². The predicted octanol–water partition coefficient (Wildman–Crippen LogP) is 4.52. The largest absolute Gasteiger partial charge is 0.494 e. The minimum atomic E-state index is -4.78. The second-order valence-electron chi connectivity index (χ2n) is 6.77. The Labute approximate surface area is 189 Å². The Morgan fingerprint density at radius 2 is 1.82 bits per heavy atom. The van der Waals surface area contributed by atoms with E-state index in [1.807, 2.05) is 0 Å². The Bertz CT molecular complexity index is 1210. The predicted molar refractivity (Wildman–Crippen MR) is 115 cm³/mol. The van der Waals surface area contributed by atoms with Gasteiger partial charge < -0.3 is 25.1 Å². The molecule has 13 heteroatoms. The van der Waals surface area contributed by atoms with Gasteiger partial charge in [0.25, 0.3) is 11.6 Å². The molecular weight excluding hydrogens is 461 g/mol. The van der Waals surface area contributed by atoms with Gasteiger partial charge in [-0.15, -0.1) is 0 Å². The number of alkyl halides is 3. The topological polar surface area (TPSA) is 136 Å². The Hall–Kier alpha value is -4.55. The van der Waals surface area contributed by atoms with Crippen molar-refractivity contribution in [3.8, 4) is 5.75 Å². The fourth-order valence-corrected chi connectivity index (χ4v) is 2.87. The molecule has 3 N–H and O–H groups in total. The van der Waals surface area contributed by atoms with Gasteiger partial charge in [-0.25, -0.2) is 0 Å². The van der Waals surface area contributed by atoms with Gasteiger partial charge in [-0.05, 0) is 30.3 Å². The van der Waals surface area contributed by atoms with Crippen LogP contribution in [0.4, 0.5) is 35.9 Å². The summed E-state index contributed by atoms with van der Waals surface area (Å²) in [5.74, 6) is -1.37. The Morgan fingerprint density at radius 1 is 1.09 bits per heavy atom. The number of ether oxygens (including phenoxy) is 1. The molecule has 10 nitrogen and oxygen atoms in total. The second-order valence-corrected chi connectivity index (χ2v) is 6.77. The molecule has 2 amide bonds. The molecule has 178 valence electrons. The van der Waals surface area contributed by atoms with E-state index in [1.165, 1.54) is 31.6 Å². The Balaban J connectivity index is 1.71. The first-order chi connectivity index (χ1) is 16.1. The molecule has 0 atom stereocenters. The lowest BCUT2D eigenvalue weighted by Crippen LogP contribution is -2.23. The minimum Gasteiger partial charge on any atom is -0.494 e. The van der Waals surface area contributed by atoms with E-state index in [1.54, 1.807) is 0 Å². The first-order valence-corrected chi connectivity index (χ1v) is 9.49. The van der Waals surface area contributed by atoms with Crippen LogP contribution in [0.15, 0.2) is 59.4 Å². The van der Waals surface area contributed by atoms with Crippen molar-refractivity contribution in [2.24, 2.45) is 0 Å². The van der Waals surface area contributed by atoms with Gasteiger partial charge in [0.15, 0.2) is 0 Å². The fraction of sp³-hybridized carbons (Fsp3) is 0.143. The van der Waals surface area contributed by atoms with Gasteiger partial charge in [-0.2, -0.15) is 13.2 Å². The summed E-state index contributed by atoms with van der Waals surface area (Å²) in [6.07, 6.45) is -2.38. The summed E-state index contributed by atoms with van der Waals surface area (Å²) >= 11 is 0. The summed E-state index contributed by atoms with van der Waals surface area (Å²) in [7, 11) is 1.25. The number of nitro benzene ring substituents is 1. The molecule has 1 aromatic heterocycles. The molecule has 0 saturated carbocycles. The summed E-state index contributed by atoms with van der Waals surface area (Å²) < 4.78 is 50.5. The number of nitro groups is 1. The van der Waals surface area contributed by atoms with E-state index in [0.29, 0.717) is 0 Å². The third kappa shape index (κ3) is 5.82. The third-order valence-corrected chi connectivity index (χ3v) is 4.48. The van der Waals surface area contributed by atoms with Crippen LogP contribution >= 0.6 is 0 Å². The van der Waals surface area contributed by atoms with Crippen LogP contribution in [0, 0.1) is 10.1 Å². The number of nitrogens with zero attached hydrogens (tertiary/aromatic N) is 1. The number of non-ortho nitro benzene ring substituents is 1. The molecule has 0 fully saturated rings. The van der Waals surface area contributed by atoms with E-state index >= 15 is 0 Å². The highest BCUT2D eigenvalue weighted by atomic mass is 19.4. The number of anilines is 3. The first kappa shape index (κ1) is 24.1. The van der Waals surface area contributed by atoms with E-state index in [9.17, 15) is 32.9 Å². The number of furan rings is 1. The lowest BCUT2D eigenvalue weighted by molar-refractivity contribution is -0.384. The maximum absolute atomic E-state index is 13.6. The van der Waals surface area contributed by atoms with Gasteiger partial charge in [0.1, 0.15) is 12.0 Å². The molecule has 0 saturated heterocycles. The minimum absolute atomic E-state index is 0.0104. The highest BCUT2D eigenvalue weighted by Gasteiger charge is 2.34. The van der Waals surface area contributed by atoms with Crippen LogP contribution in [0.5, 0.6) is 5.75 Å². The lowest BCUT2D eigenvalue weighted by Gasteiger charge is -2.16. The summed E-state index contributed by atoms with van der Waals surface area (Å²) in [5.41, 5.74) is -1.62. The van der Waals surface area contributed by atoms with Crippen LogP contribution in [0.25, 0.3) is 0 Å². The molecule has 1 heterocycles. The number of hydrogen-bond donors (Lipinski definition) is 3. The molecule has 0 bridgehead atoms. The SMILES string of the molecule is COc1cc([N+](=O)[O-])ccc1NC(=O)CNc1ccc(NC(=O)c2ccoc2)cc1C(F)(F)F. The maximum Gasteiger partial charge on any atom is 0.418 e. The molecular formula is C21H17F3N4O6. The standard InChI is InChI=1S/C21H17F3N4O6/c1-33-18-9-14(28(31)32)3-5-17(18)27-19(29)10-25-16-4-2-13(8-15(16)21(22,23)24)26-20(30)12-6-7-34-11-12/h2-9,11,25H,10H2,1H3,(H,26,30)(H,27,29). The Morgan fingerprint density at radius 3 is 2.44 bits per heavy atom. The fourth-order valence-electron chi connectivity index (χ4n) is 2.87. The number of carbonyl (C=O) groups excluding carboxylic acids is 2. The molecule has 3 aromatic rings. The zero-order chi connectivity index (χ0) is 24.9. The molecule has 0 aliphatic carbocycles. The van der Waals surface area contributed by atoms with E-state index in [-0.39, 0.29) is 34.1 Å². The van der Waals surface area contributed by atoms with Crippen LogP contribution in [0.3, 0.4) is 0 Å². The highest BCUT2D eigenvalue weighted by Crippen LogP contribution is 2.37. The zero-order valence-corrected chi connectivity index (χ0v) is 17.4.